The zero-order valence-corrected chi connectivity index (χ0v) is 24.4. The lowest BCUT2D eigenvalue weighted by atomic mass is 9.60. The molecule has 2 aromatic carbocycles. The maximum atomic E-state index is 14.6. The molecule has 2 heterocycles. The van der Waals surface area contributed by atoms with Gasteiger partial charge in [0, 0.05) is 18.3 Å². The van der Waals surface area contributed by atoms with Gasteiger partial charge in [-0.3, -0.25) is 9.78 Å². The third-order valence-corrected chi connectivity index (χ3v) is 11.0. The van der Waals surface area contributed by atoms with Crippen molar-refractivity contribution >= 4 is 21.9 Å². The van der Waals surface area contributed by atoms with E-state index in [1.165, 1.54) is 24.3 Å². The van der Waals surface area contributed by atoms with Crippen LogP contribution in [0.5, 0.6) is 0 Å². The van der Waals surface area contributed by atoms with Gasteiger partial charge >= 0.3 is 0 Å². The van der Waals surface area contributed by atoms with Gasteiger partial charge in [0.25, 0.3) is 0 Å². The predicted octanol–water partition coefficient (Wildman–Crippen LogP) is 6.07. The van der Waals surface area contributed by atoms with E-state index in [1.54, 1.807) is 39.6 Å². The fourth-order valence-electron chi connectivity index (χ4n) is 6.74. The number of benzene rings is 2. The number of aromatic nitrogens is 3. The topological polar surface area (TPSA) is 85.2 Å². The number of hydrogen-bond donors (Lipinski definition) is 0. The maximum absolute atomic E-state index is 14.6. The molecule has 3 aliphatic carbocycles. The van der Waals surface area contributed by atoms with Crippen molar-refractivity contribution in [3.05, 3.63) is 113 Å². The molecule has 0 unspecified atom stereocenters. The van der Waals surface area contributed by atoms with Crippen LogP contribution < -0.4 is 0 Å². The predicted molar refractivity (Wildman–Crippen MR) is 157 cm³/mol. The van der Waals surface area contributed by atoms with Gasteiger partial charge in [-0.1, -0.05) is 5.57 Å². The lowest BCUT2D eigenvalue weighted by Crippen LogP contribution is -2.51. The van der Waals surface area contributed by atoms with E-state index in [-0.39, 0.29) is 22.5 Å². The van der Waals surface area contributed by atoms with Crippen molar-refractivity contribution in [3.8, 4) is 5.69 Å². The average Bonchev–Trinajstić information content (AvgIpc) is 3.74. The first-order valence-corrected chi connectivity index (χ1v) is 15.9. The second-order valence-corrected chi connectivity index (χ2v) is 13.7. The smallest absolute Gasteiger partial charge is 0.243 e. The molecule has 0 radical (unpaired) electrons. The third kappa shape index (κ3) is 4.82. The van der Waals surface area contributed by atoms with E-state index < -0.39 is 27.3 Å². The average molecular weight is 601 g/mol. The van der Waals surface area contributed by atoms with Crippen molar-refractivity contribution in [2.45, 2.75) is 62.4 Å². The summed E-state index contributed by atoms with van der Waals surface area (Å²) in [5.74, 6) is -0.978. The number of allylic oxidation sites excluding steroid dienone is 1. The van der Waals surface area contributed by atoms with Gasteiger partial charge in [-0.05, 0) is 123 Å². The summed E-state index contributed by atoms with van der Waals surface area (Å²) in [7, 11) is -3.94. The number of halogens is 2. The number of ketones is 1. The highest BCUT2D eigenvalue weighted by Gasteiger charge is 2.53. The van der Waals surface area contributed by atoms with Gasteiger partial charge in [-0.15, -0.1) is 0 Å². The Kier molecular flexibility index (Phi) is 6.66. The van der Waals surface area contributed by atoms with Crippen LogP contribution in [0.15, 0.2) is 83.5 Å². The number of Topliss-reactive ketones (excluding diaryl/α,β-unsaturated/α-hetero) is 1. The standard InChI is InChI=1S/C33H30F2N4O3S/c1-21-14-15-36-30(16-21)32(40)33-18-22-20-37-38(26-8-3-24(34)4-9-26)31(22)17-23(33)2-7-28(19-33)39(27-10-11-27)43(41,42)29-12-5-25(35)6-13-29/h3-6,8-9,12-17,20,27-28H,2,7,10-11,18-19H2,1H3/t28-,33-/m0/s1. The second kappa shape index (κ2) is 10.3. The van der Waals surface area contributed by atoms with Gasteiger partial charge in [0.05, 0.1) is 27.9 Å². The lowest BCUT2D eigenvalue weighted by molar-refractivity contribution is 0.0733. The maximum Gasteiger partial charge on any atom is 0.243 e. The minimum atomic E-state index is -3.94. The first-order chi connectivity index (χ1) is 20.7. The SMILES string of the molecule is Cc1ccnc(C(=O)[C@]23Cc4cnn(-c5ccc(F)cc5)c4C=C2CC[C@H](N(C2CC2)S(=O)(=O)c2ccc(F)cc2)C3)c1. The van der Waals surface area contributed by atoms with Crippen molar-refractivity contribution in [2.75, 3.05) is 0 Å². The Balaban J connectivity index is 1.32. The number of rotatable bonds is 7. The Morgan fingerprint density at radius 1 is 0.977 bits per heavy atom. The van der Waals surface area contributed by atoms with Gasteiger partial charge < -0.3 is 0 Å². The van der Waals surface area contributed by atoms with E-state index in [4.69, 9.17) is 0 Å². The van der Waals surface area contributed by atoms with E-state index in [1.807, 2.05) is 19.1 Å². The highest BCUT2D eigenvalue weighted by atomic mass is 32.2. The molecule has 0 bridgehead atoms. The van der Waals surface area contributed by atoms with E-state index >= 15 is 0 Å². The molecule has 220 valence electrons. The molecule has 7 nitrogen and oxygen atoms in total. The van der Waals surface area contributed by atoms with Crippen LogP contribution in [0.1, 0.15) is 59.4 Å². The molecule has 10 heteroatoms. The molecule has 2 atom stereocenters. The molecule has 0 aliphatic heterocycles. The van der Waals surface area contributed by atoms with Gasteiger partial charge in [0.2, 0.25) is 10.0 Å². The Bertz CT molecular complexity index is 1860. The van der Waals surface area contributed by atoms with Gasteiger partial charge in [0.15, 0.2) is 5.78 Å². The van der Waals surface area contributed by atoms with Crippen molar-refractivity contribution in [1.82, 2.24) is 19.1 Å². The molecule has 2 fully saturated rings. The largest absolute Gasteiger partial charge is 0.291 e. The Labute approximate surface area is 248 Å². The summed E-state index contributed by atoms with van der Waals surface area (Å²) in [6, 6.07) is 14.1. The van der Waals surface area contributed by atoms with Crippen LogP contribution in [0.2, 0.25) is 0 Å². The van der Waals surface area contributed by atoms with Crippen LogP contribution in [-0.4, -0.2) is 45.4 Å². The molecule has 0 amide bonds. The highest BCUT2D eigenvalue weighted by Crippen LogP contribution is 2.52. The second-order valence-electron chi connectivity index (χ2n) is 11.8. The van der Waals surface area contributed by atoms with Crippen LogP contribution >= 0.6 is 0 Å². The first kappa shape index (κ1) is 27.8. The van der Waals surface area contributed by atoms with Crippen LogP contribution in [0.4, 0.5) is 8.78 Å². The van der Waals surface area contributed by atoms with E-state index in [2.05, 4.69) is 10.1 Å². The molecule has 4 aromatic rings. The van der Waals surface area contributed by atoms with Crippen molar-refractivity contribution in [1.29, 1.82) is 0 Å². The van der Waals surface area contributed by atoms with Gasteiger partial charge in [-0.2, -0.15) is 9.40 Å². The number of sulfonamides is 1. The summed E-state index contributed by atoms with van der Waals surface area (Å²) in [6.07, 6.45) is 8.55. The monoisotopic (exact) mass is 600 g/mol. The summed E-state index contributed by atoms with van der Waals surface area (Å²) in [5.41, 5.74) is 3.56. The minimum Gasteiger partial charge on any atom is -0.291 e. The van der Waals surface area contributed by atoms with Crippen molar-refractivity contribution < 1.29 is 22.0 Å². The van der Waals surface area contributed by atoms with Crippen molar-refractivity contribution in [3.63, 3.8) is 0 Å². The summed E-state index contributed by atoms with van der Waals surface area (Å²) < 4.78 is 58.7. The molecule has 7 rings (SSSR count). The van der Waals surface area contributed by atoms with Crippen molar-refractivity contribution in [2.24, 2.45) is 5.41 Å². The molecule has 2 aromatic heterocycles. The van der Waals surface area contributed by atoms with Crippen LogP contribution in [0.25, 0.3) is 11.8 Å². The number of carbonyl (C=O) groups is 1. The number of pyridine rings is 1. The number of carbonyl (C=O) groups excluding carboxylic acids is 1. The highest BCUT2D eigenvalue weighted by molar-refractivity contribution is 7.89. The molecule has 0 N–H and O–H groups in total. The normalized spacial score (nSPS) is 21.7. The summed E-state index contributed by atoms with van der Waals surface area (Å²) in [6.45, 7) is 1.91. The van der Waals surface area contributed by atoms with Crippen LogP contribution in [-0.2, 0) is 16.4 Å². The van der Waals surface area contributed by atoms with E-state index in [0.717, 1.165) is 47.4 Å². The zero-order valence-electron chi connectivity index (χ0n) is 23.6. The lowest BCUT2D eigenvalue weighted by Gasteiger charge is -2.46. The zero-order chi connectivity index (χ0) is 29.9. The quantitative estimate of drug-likeness (QED) is 0.241. The minimum absolute atomic E-state index is 0.0503. The number of nitrogens with zero attached hydrogens (tertiary/aromatic N) is 4. The van der Waals surface area contributed by atoms with E-state index in [0.29, 0.717) is 37.1 Å². The first-order valence-electron chi connectivity index (χ1n) is 14.5. The molecule has 43 heavy (non-hydrogen) atoms. The van der Waals surface area contributed by atoms with E-state index in [9.17, 15) is 22.0 Å². The third-order valence-electron chi connectivity index (χ3n) is 8.94. The molecule has 0 spiro atoms. The molecular formula is C33H30F2N4O3S. The Hall–Kier alpha value is -4.02. The fourth-order valence-corrected chi connectivity index (χ4v) is 8.64. The fraction of sp³-hybridized carbons (Fsp3) is 0.303. The molecule has 3 aliphatic rings. The number of aryl methyl sites for hydroxylation is 1. The van der Waals surface area contributed by atoms with Gasteiger partial charge in [-0.25, -0.2) is 21.9 Å². The number of hydrogen-bond acceptors (Lipinski definition) is 5. The van der Waals surface area contributed by atoms with Crippen LogP contribution in [0, 0.1) is 24.0 Å². The summed E-state index contributed by atoms with van der Waals surface area (Å²) >= 11 is 0. The Morgan fingerprint density at radius 3 is 2.35 bits per heavy atom. The van der Waals surface area contributed by atoms with Crippen LogP contribution in [0.3, 0.4) is 0 Å². The summed E-state index contributed by atoms with van der Waals surface area (Å²) in [4.78, 5) is 19.1. The molecular weight excluding hydrogens is 570 g/mol. The summed E-state index contributed by atoms with van der Waals surface area (Å²) in [5, 5.41) is 4.60. The molecule has 0 saturated heterocycles. The Morgan fingerprint density at radius 2 is 1.67 bits per heavy atom. The number of fused-ring (bicyclic) bond motifs is 2. The van der Waals surface area contributed by atoms with Gasteiger partial charge in [0.1, 0.15) is 17.3 Å². The molecule has 2 saturated carbocycles.